The second-order valence-corrected chi connectivity index (χ2v) is 6.38. The fourth-order valence-corrected chi connectivity index (χ4v) is 3.35. The molecule has 2 aliphatic rings. The van der Waals surface area contributed by atoms with Crippen LogP contribution < -0.4 is 10.6 Å². The number of amides is 2. The van der Waals surface area contributed by atoms with Crippen LogP contribution in [0.1, 0.15) is 25.7 Å². The number of halogens is 1. The van der Waals surface area contributed by atoms with E-state index in [0.717, 1.165) is 38.9 Å². The van der Waals surface area contributed by atoms with Crippen LogP contribution in [0, 0.1) is 0 Å². The van der Waals surface area contributed by atoms with Gasteiger partial charge in [-0.3, -0.25) is 0 Å². The number of rotatable bonds is 2. The quantitative estimate of drug-likeness (QED) is 0.878. The van der Waals surface area contributed by atoms with Crippen molar-refractivity contribution in [2.75, 3.05) is 25.1 Å². The summed E-state index contributed by atoms with van der Waals surface area (Å²) in [6.45, 7) is 2.16. The van der Waals surface area contributed by atoms with Crippen LogP contribution in [0.5, 0.6) is 0 Å². The van der Waals surface area contributed by atoms with Crippen LogP contribution in [0.4, 0.5) is 10.5 Å². The minimum absolute atomic E-state index is 0.121. The second-order valence-electron chi connectivity index (χ2n) is 5.94. The van der Waals surface area contributed by atoms with Gasteiger partial charge in [0.2, 0.25) is 0 Å². The van der Waals surface area contributed by atoms with E-state index in [4.69, 9.17) is 21.1 Å². The molecule has 0 aliphatic carbocycles. The minimum Gasteiger partial charge on any atom is -0.381 e. The van der Waals surface area contributed by atoms with Crippen molar-refractivity contribution in [3.63, 3.8) is 0 Å². The standard InChI is InChI=1S/C16H21ClN2O3/c17-12-2-1-3-13(10-12)18-15(20)19-14-4-7-22-16(11-14)5-8-21-9-6-16/h1-3,10,14H,4-9,11H2,(H2,18,19,20)/t14-/m0/s1. The Balaban J connectivity index is 1.54. The summed E-state index contributed by atoms with van der Waals surface area (Å²) in [5.41, 5.74) is 0.572. The van der Waals surface area contributed by atoms with Crippen molar-refractivity contribution in [1.29, 1.82) is 0 Å². The van der Waals surface area contributed by atoms with Crippen LogP contribution in [0.25, 0.3) is 0 Å². The van der Waals surface area contributed by atoms with E-state index in [2.05, 4.69) is 10.6 Å². The number of urea groups is 1. The molecule has 6 heteroatoms. The van der Waals surface area contributed by atoms with Gasteiger partial charge < -0.3 is 20.1 Å². The van der Waals surface area contributed by atoms with Crippen LogP contribution in [0.3, 0.4) is 0 Å². The Morgan fingerprint density at radius 1 is 1.27 bits per heavy atom. The maximum absolute atomic E-state index is 12.1. The summed E-state index contributed by atoms with van der Waals surface area (Å²) in [6, 6.07) is 7.06. The van der Waals surface area contributed by atoms with Crippen molar-refractivity contribution < 1.29 is 14.3 Å². The summed E-state index contributed by atoms with van der Waals surface area (Å²) in [5.74, 6) is 0. The number of carbonyl (C=O) groups is 1. The molecule has 120 valence electrons. The van der Waals surface area contributed by atoms with Gasteiger partial charge >= 0.3 is 6.03 Å². The summed E-state index contributed by atoms with van der Waals surface area (Å²) in [4.78, 5) is 12.1. The van der Waals surface area contributed by atoms with Crippen molar-refractivity contribution in [2.24, 2.45) is 0 Å². The summed E-state index contributed by atoms with van der Waals surface area (Å²) in [7, 11) is 0. The third-order valence-corrected chi connectivity index (χ3v) is 4.55. The third kappa shape index (κ3) is 3.91. The van der Waals surface area contributed by atoms with Crippen LogP contribution in [-0.2, 0) is 9.47 Å². The van der Waals surface area contributed by atoms with Gasteiger partial charge in [-0.1, -0.05) is 17.7 Å². The minimum atomic E-state index is -0.198. The molecule has 2 saturated heterocycles. The van der Waals surface area contributed by atoms with Crippen LogP contribution >= 0.6 is 11.6 Å². The fourth-order valence-electron chi connectivity index (χ4n) is 3.16. The Hall–Kier alpha value is -1.30. The number of ether oxygens (including phenoxy) is 2. The van der Waals surface area contributed by atoms with E-state index < -0.39 is 0 Å². The summed E-state index contributed by atoms with van der Waals surface area (Å²) >= 11 is 5.92. The molecule has 2 N–H and O–H groups in total. The highest BCUT2D eigenvalue weighted by Crippen LogP contribution is 2.34. The lowest BCUT2D eigenvalue weighted by molar-refractivity contribution is -0.139. The maximum Gasteiger partial charge on any atom is 0.319 e. The van der Waals surface area contributed by atoms with Crippen molar-refractivity contribution in [3.05, 3.63) is 29.3 Å². The first-order chi connectivity index (χ1) is 10.7. The van der Waals surface area contributed by atoms with Crippen LogP contribution in [-0.4, -0.2) is 37.5 Å². The van der Waals surface area contributed by atoms with Gasteiger partial charge in [-0.25, -0.2) is 4.79 Å². The molecular weight excluding hydrogens is 304 g/mol. The number of benzene rings is 1. The molecule has 0 unspecified atom stereocenters. The molecule has 1 aromatic rings. The Kier molecular flexibility index (Phi) is 4.86. The topological polar surface area (TPSA) is 59.6 Å². The van der Waals surface area contributed by atoms with Crippen molar-refractivity contribution >= 4 is 23.3 Å². The second kappa shape index (κ2) is 6.86. The molecule has 1 atom stereocenters. The zero-order chi connectivity index (χ0) is 15.4. The van der Waals surface area contributed by atoms with Gasteiger partial charge in [0, 0.05) is 36.6 Å². The Morgan fingerprint density at radius 3 is 2.86 bits per heavy atom. The highest BCUT2D eigenvalue weighted by molar-refractivity contribution is 6.30. The lowest BCUT2D eigenvalue weighted by atomic mass is 9.84. The van der Waals surface area contributed by atoms with Crippen LogP contribution in [0.2, 0.25) is 5.02 Å². The average Bonchev–Trinajstić information content (AvgIpc) is 2.48. The lowest BCUT2D eigenvalue weighted by Crippen LogP contribution is -2.51. The number of anilines is 1. The van der Waals surface area contributed by atoms with E-state index in [-0.39, 0.29) is 17.7 Å². The largest absolute Gasteiger partial charge is 0.381 e. The van der Waals surface area contributed by atoms with E-state index in [1.807, 2.05) is 12.1 Å². The fraction of sp³-hybridized carbons (Fsp3) is 0.562. The molecule has 3 rings (SSSR count). The van der Waals surface area contributed by atoms with E-state index in [9.17, 15) is 4.79 Å². The van der Waals surface area contributed by atoms with E-state index >= 15 is 0 Å². The molecule has 2 fully saturated rings. The molecule has 2 heterocycles. The van der Waals surface area contributed by atoms with Gasteiger partial charge in [0.15, 0.2) is 0 Å². The van der Waals surface area contributed by atoms with Gasteiger partial charge in [-0.2, -0.15) is 0 Å². The molecule has 22 heavy (non-hydrogen) atoms. The predicted octanol–water partition coefficient (Wildman–Crippen LogP) is 3.19. The summed E-state index contributed by atoms with van der Waals surface area (Å²) < 4.78 is 11.4. The van der Waals surface area contributed by atoms with Crippen molar-refractivity contribution in [2.45, 2.75) is 37.3 Å². The Bertz CT molecular complexity index is 526. The molecule has 0 bridgehead atoms. The molecule has 0 radical (unpaired) electrons. The molecule has 1 spiro atoms. The predicted molar refractivity (Wildman–Crippen MR) is 85.4 cm³/mol. The molecule has 0 saturated carbocycles. The van der Waals surface area contributed by atoms with Crippen molar-refractivity contribution in [1.82, 2.24) is 5.32 Å². The third-order valence-electron chi connectivity index (χ3n) is 4.31. The average molecular weight is 325 g/mol. The van der Waals surface area contributed by atoms with E-state index in [0.29, 0.717) is 17.3 Å². The molecule has 2 amide bonds. The molecule has 5 nitrogen and oxygen atoms in total. The first kappa shape index (κ1) is 15.6. The first-order valence-corrected chi connectivity index (χ1v) is 8.08. The van der Waals surface area contributed by atoms with Gasteiger partial charge in [0.05, 0.1) is 5.60 Å². The maximum atomic E-state index is 12.1. The normalized spacial score (nSPS) is 24.0. The number of nitrogens with one attached hydrogen (secondary N) is 2. The highest BCUT2D eigenvalue weighted by Gasteiger charge is 2.39. The Labute approximate surface area is 135 Å². The van der Waals surface area contributed by atoms with E-state index in [1.165, 1.54) is 0 Å². The van der Waals surface area contributed by atoms with Gasteiger partial charge in [-0.05, 0) is 43.9 Å². The van der Waals surface area contributed by atoms with Gasteiger partial charge in [0.25, 0.3) is 0 Å². The number of hydrogen-bond donors (Lipinski definition) is 2. The first-order valence-electron chi connectivity index (χ1n) is 7.70. The smallest absolute Gasteiger partial charge is 0.319 e. The SMILES string of the molecule is O=C(Nc1cccc(Cl)c1)N[C@H]1CCOC2(CCOCC2)C1. The van der Waals surface area contributed by atoms with Gasteiger partial charge in [-0.15, -0.1) is 0 Å². The van der Waals surface area contributed by atoms with Crippen LogP contribution in [0.15, 0.2) is 24.3 Å². The molecule has 2 aliphatic heterocycles. The zero-order valence-electron chi connectivity index (χ0n) is 12.4. The number of carbonyl (C=O) groups excluding carboxylic acids is 1. The molecule has 0 aromatic heterocycles. The molecular formula is C16H21ClN2O3. The highest BCUT2D eigenvalue weighted by atomic mass is 35.5. The van der Waals surface area contributed by atoms with E-state index in [1.54, 1.807) is 12.1 Å². The zero-order valence-corrected chi connectivity index (χ0v) is 13.2. The molecule has 1 aromatic carbocycles. The van der Waals surface area contributed by atoms with Gasteiger partial charge in [0.1, 0.15) is 0 Å². The summed E-state index contributed by atoms with van der Waals surface area (Å²) in [6.07, 6.45) is 3.49. The lowest BCUT2D eigenvalue weighted by Gasteiger charge is -2.43. The Morgan fingerprint density at radius 2 is 2.09 bits per heavy atom. The number of hydrogen-bond acceptors (Lipinski definition) is 3. The summed E-state index contributed by atoms with van der Waals surface area (Å²) in [5, 5.41) is 6.47. The van der Waals surface area contributed by atoms with Crippen molar-refractivity contribution in [3.8, 4) is 0 Å². The monoisotopic (exact) mass is 324 g/mol.